The molecule has 0 saturated carbocycles. The van der Waals surface area contributed by atoms with Gasteiger partial charge >= 0.3 is 0 Å². The average molecular weight is 752 g/mol. The summed E-state index contributed by atoms with van der Waals surface area (Å²) in [5.74, 6) is 0.625. The molecule has 1 fully saturated rings. The molecule has 6 rings (SSSR count). The number of thioether (sulfide) groups is 1. The number of carbonyl (C=O) groups excluding carboxylic acids is 2. The van der Waals surface area contributed by atoms with Crippen molar-refractivity contribution in [1.29, 1.82) is 0 Å². The number of hydrogen-bond donors (Lipinski definition) is 4. The number of nitrogens with one attached hydrogen (secondary N) is 2. The zero-order valence-corrected chi connectivity index (χ0v) is 31.3. The van der Waals surface area contributed by atoms with Crippen LogP contribution in [-0.2, 0) is 32.2 Å². The van der Waals surface area contributed by atoms with Gasteiger partial charge in [0.1, 0.15) is 5.01 Å². The minimum Gasteiger partial charge on any atom is -0.397 e. The zero-order valence-electron chi connectivity index (χ0n) is 29.7. The molecule has 5 aromatic rings. The van der Waals surface area contributed by atoms with Crippen LogP contribution in [0.1, 0.15) is 78.2 Å². The summed E-state index contributed by atoms with van der Waals surface area (Å²) in [4.78, 5) is 24.9. The van der Waals surface area contributed by atoms with Gasteiger partial charge in [-0.15, -0.1) is 10.2 Å². The van der Waals surface area contributed by atoms with Gasteiger partial charge in [0.2, 0.25) is 11.8 Å². The molecule has 1 aliphatic heterocycles. The first-order valence-corrected chi connectivity index (χ1v) is 19.7. The van der Waals surface area contributed by atoms with Gasteiger partial charge in [0, 0.05) is 37.1 Å². The van der Waals surface area contributed by atoms with Gasteiger partial charge < -0.3 is 30.9 Å². The number of nitrogens with two attached hydrogens (primary N) is 1. The third-order valence-electron chi connectivity index (χ3n) is 8.97. The Hall–Kier alpha value is -4.59. The van der Waals surface area contributed by atoms with E-state index in [9.17, 15) is 14.7 Å². The number of carbonyl (C=O) groups is 2. The number of rotatable bonds is 16. The van der Waals surface area contributed by atoms with E-state index in [0.29, 0.717) is 50.0 Å². The van der Waals surface area contributed by atoms with Crippen molar-refractivity contribution in [2.75, 3.05) is 16.8 Å². The highest BCUT2D eigenvalue weighted by Crippen LogP contribution is 2.40. The molecule has 0 unspecified atom stereocenters. The van der Waals surface area contributed by atoms with Crippen molar-refractivity contribution < 1.29 is 24.2 Å². The van der Waals surface area contributed by atoms with Gasteiger partial charge in [-0.05, 0) is 71.8 Å². The van der Waals surface area contributed by atoms with Crippen LogP contribution >= 0.6 is 23.1 Å². The molecule has 2 heterocycles. The maximum atomic E-state index is 12.6. The van der Waals surface area contributed by atoms with E-state index in [2.05, 4.69) is 45.1 Å². The Morgan fingerprint density at radius 3 is 2.36 bits per heavy atom. The maximum Gasteiger partial charge on any atom is 0.224 e. The molecule has 53 heavy (non-hydrogen) atoms. The second-order valence-electron chi connectivity index (χ2n) is 13.0. The van der Waals surface area contributed by atoms with E-state index in [1.165, 1.54) is 0 Å². The van der Waals surface area contributed by atoms with E-state index in [1.54, 1.807) is 35.2 Å². The van der Waals surface area contributed by atoms with Crippen molar-refractivity contribution in [1.82, 2.24) is 15.5 Å². The Morgan fingerprint density at radius 2 is 1.60 bits per heavy atom. The van der Waals surface area contributed by atoms with Crippen LogP contribution in [0.2, 0.25) is 0 Å². The van der Waals surface area contributed by atoms with Crippen molar-refractivity contribution in [3.05, 3.63) is 124 Å². The topological polar surface area (TPSA) is 149 Å². The van der Waals surface area contributed by atoms with Crippen LogP contribution in [0.5, 0.6) is 0 Å². The van der Waals surface area contributed by atoms with Crippen LogP contribution in [-0.4, -0.2) is 39.0 Å². The lowest BCUT2D eigenvalue weighted by Crippen LogP contribution is -2.31. The molecular weight excluding hydrogens is 707 g/mol. The number of aliphatic hydroxyl groups excluding tert-OH is 1. The number of aryl methyl sites for hydroxylation is 1. The second-order valence-corrected chi connectivity index (χ2v) is 15.5. The highest BCUT2D eigenvalue weighted by molar-refractivity contribution is 8.01. The SMILES string of the molecule is Cc1nnc(SC[C@@H]2C[C@H](c3ccc(CO)cc3)O[C@H](c3cccc(-c4cccc(CNC(=O)CCCCCC(=O)Nc5ccccc5N)c4)c3)O2)s1. The van der Waals surface area contributed by atoms with Gasteiger partial charge in [-0.2, -0.15) is 0 Å². The lowest BCUT2D eigenvalue weighted by Gasteiger charge is -2.36. The molecule has 1 aromatic heterocycles. The summed E-state index contributed by atoms with van der Waals surface area (Å²) in [7, 11) is 0. The number of unbranched alkanes of at least 4 members (excludes halogenated alkanes) is 2. The molecule has 0 aliphatic carbocycles. The van der Waals surface area contributed by atoms with Crippen molar-refractivity contribution in [2.24, 2.45) is 0 Å². The summed E-state index contributed by atoms with van der Waals surface area (Å²) >= 11 is 3.23. The third kappa shape index (κ3) is 11.2. The molecule has 5 N–H and O–H groups in total. The van der Waals surface area contributed by atoms with Gasteiger partial charge in [-0.25, -0.2) is 0 Å². The molecular formula is C41H45N5O5S2. The monoisotopic (exact) mass is 751 g/mol. The molecule has 0 radical (unpaired) electrons. The molecule has 4 aromatic carbocycles. The van der Waals surface area contributed by atoms with E-state index in [-0.39, 0.29) is 30.6 Å². The summed E-state index contributed by atoms with van der Waals surface area (Å²) < 4.78 is 14.1. The first kappa shape index (κ1) is 38.1. The number of nitrogens with zero attached hydrogens (tertiary/aromatic N) is 2. The van der Waals surface area contributed by atoms with Crippen LogP contribution in [0, 0.1) is 6.92 Å². The number of nitrogen functional groups attached to an aromatic ring is 1. The Morgan fingerprint density at radius 1 is 0.849 bits per heavy atom. The van der Waals surface area contributed by atoms with E-state index in [1.807, 2.05) is 67.6 Å². The fraction of sp³-hybridized carbons (Fsp3) is 0.317. The first-order chi connectivity index (χ1) is 25.8. The summed E-state index contributed by atoms with van der Waals surface area (Å²) in [5, 5.41) is 24.8. The van der Waals surface area contributed by atoms with E-state index >= 15 is 0 Å². The highest BCUT2D eigenvalue weighted by Gasteiger charge is 2.32. The molecule has 1 saturated heterocycles. The van der Waals surface area contributed by atoms with Crippen LogP contribution in [0.15, 0.2) is 101 Å². The largest absolute Gasteiger partial charge is 0.397 e. The standard InChI is InChI=1S/C41H45N5O5S2/c1-27-45-46-41(53-27)52-26-34-23-37(30-19-17-28(25-47)18-20-30)51-40(50-34)33-12-8-11-32(22-33)31-10-7-9-29(21-31)24-43-38(48)15-3-2-4-16-39(49)44-36-14-6-5-13-35(36)42/h5-14,17-22,34,37,40,47H,2-4,15-16,23-26,42H2,1H3,(H,43,48)(H,44,49)/t34-,37+,40+/m0/s1. The fourth-order valence-electron chi connectivity index (χ4n) is 6.11. The predicted octanol–water partition coefficient (Wildman–Crippen LogP) is 8.13. The lowest BCUT2D eigenvalue weighted by molar-refractivity contribution is -0.245. The normalized spacial score (nSPS) is 17.0. The predicted molar refractivity (Wildman–Crippen MR) is 210 cm³/mol. The van der Waals surface area contributed by atoms with Gasteiger partial charge in [0.15, 0.2) is 10.6 Å². The number of benzene rings is 4. The molecule has 10 nitrogen and oxygen atoms in total. The number of anilines is 2. The summed E-state index contributed by atoms with van der Waals surface area (Å²) in [6, 6.07) is 31.5. The molecule has 0 spiro atoms. The number of para-hydroxylation sites is 2. The number of hydrogen-bond acceptors (Lipinski definition) is 10. The van der Waals surface area contributed by atoms with E-state index < -0.39 is 6.29 Å². The number of aromatic nitrogens is 2. The number of aliphatic hydroxyl groups is 1. The van der Waals surface area contributed by atoms with Gasteiger partial charge in [-0.1, -0.05) is 102 Å². The molecule has 3 atom stereocenters. The van der Waals surface area contributed by atoms with Gasteiger partial charge in [0.05, 0.1) is 30.2 Å². The van der Waals surface area contributed by atoms with Crippen molar-refractivity contribution in [3.8, 4) is 11.1 Å². The molecule has 276 valence electrons. The van der Waals surface area contributed by atoms with Gasteiger partial charge in [-0.3, -0.25) is 9.59 Å². The van der Waals surface area contributed by atoms with Crippen LogP contribution in [0.25, 0.3) is 11.1 Å². The van der Waals surface area contributed by atoms with Crippen molar-refractivity contribution in [3.63, 3.8) is 0 Å². The number of amides is 2. The van der Waals surface area contributed by atoms with Crippen molar-refractivity contribution in [2.45, 2.75) is 81.4 Å². The smallest absolute Gasteiger partial charge is 0.224 e. The lowest BCUT2D eigenvalue weighted by atomic mass is 9.99. The molecule has 12 heteroatoms. The minimum absolute atomic E-state index is 0.00596. The maximum absolute atomic E-state index is 12.6. The van der Waals surface area contributed by atoms with E-state index in [4.69, 9.17) is 15.2 Å². The van der Waals surface area contributed by atoms with Crippen LogP contribution < -0.4 is 16.4 Å². The average Bonchev–Trinajstić information content (AvgIpc) is 3.61. The highest BCUT2D eigenvalue weighted by atomic mass is 32.2. The molecule has 2 amide bonds. The summed E-state index contributed by atoms with van der Waals surface area (Å²) in [6.45, 7) is 2.37. The Bertz CT molecular complexity index is 1970. The second kappa shape index (κ2) is 18.9. The minimum atomic E-state index is -0.576. The Labute approximate surface area is 318 Å². The van der Waals surface area contributed by atoms with Crippen molar-refractivity contribution >= 4 is 46.3 Å². The quantitative estimate of drug-likeness (QED) is 0.0446. The summed E-state index contributed by atoms with van der Waals surface area (Å²) in [6.07, 6.45) is 2.83. The summed E-state index contributed by atoms with van der Waals surface area (Å²) in [5.41, 5.74) is 12.9. The molecule has 0 bridgehead atoms. The van der Waals surface area contributed by atoms with Crippen LogP contribution in [0.3, 0.4) is 0 Å². The Balaban J connectivity index is 1.02. The zero-order chi connectivity index (χ0) is 37.0. The van der Waals surface area contributed by atoms with Crippen LogP contribution in [0.4, 0.5) is 11.4 Å². The number of ether oxygens (including phenoxy) is 2. The van der Waals surface area contributed by atoms with Gasteiger partial charge in [0.25, 0.3) is 0 Å². The third-order valence-corrected chi connectivity index (χ3v) is 11.1. The molecule has 1 aliphatic rings. The fourth-order valence-corrected chi connectivity index (χ4v) is 7.97. The first-order valence-electron chi connectivity index (χ1n) is 17.9. The Kier molecular flexibility index (Phi) is 13.6. The van der Waals surface area contributed by atoms with E-state index in [0.717, 1.165) is 54.9 Å².